The monoisotopic (exact) mass is 231 g/mol. The molecule has 4 heteroatoms. The largest absolute Gasteiger partial charge is 0.506 e. The molecule has 17 heavy (non-hydrogen) atoms. The molecular weight excluding hydrogens is 214 g/mol. The highest BCUT2D eigenvalue weighted by Gasteiger charge is 2.15. The van der Waals surface area contributed by atoms with Gasteiger partial charge in [-0.15, -0.1) is 0 Å². The Balaban J connectivity index is 1.87. The van der Waals surface area contributed by atoms with E-state index in [-0.39, 0.29) is 5.75 Å². The zero-order valence-corrected chi connectivity index (χ0v) is 9.76. The molecule has 0 radical (unpaired) electrons. The molecule has 1 aromatic carbocycles. The first kappa shape index (κ1) is 10.6. The summed E-state index contributed by atoms with van der Waals surface area (Å²) in [5, 5.41) is 13.1. The molecule has 2 N–H and O–H groups in total. The van der Waals surface area contributed by atoms with E-state index in [1.807, 2.05) is 18.5 Å². The van der Waals surface area contributed by atoms with Gasteiger partial charge in [0, 0.05) is 6.54 Å². The Labute approximate surface area is 100 Å². The number of hydrogen-bond acceptors (Lipinski definition) is 3. The van der Waals surface area contributed by atoms with Crippen LogP contribution in [0.25, 0.3) is 11.0 Å². The number of phenolic OH excluding ortho intramolecular Hbond substituents is 1. The molecule has 0 aliphatic carbocycles. The van der Waals surface area contributed by atoms with Crippen LogP contribution in [0.4, 0.5) is 0 Å². The average Bonchev–Trinajstić information content (AvgIpc) is 2.76. The third-order valence-electron chi connectivity index (χ3n) is 3.48. The van der Waals surface area contributed by atoms with Gasteiger partial charge in [-0.3, -0.25) is 0 Å². The molecule has 90 valence electrons. The van der Waals surface area contributed by atoms with Crippen LogP contribution in [0.15, 0.2) is 24.5 Å². The van der Waals surface area contributed by atoms with Crippen LogP contribution in [0.2, 0.25) is 0 Å². The summed E-state index contributed by atoms with van der Waals surface area (Å²) in [5.41, 5.74) is 1.73. The number of para-hydroxylation sites is 1. The van der Waals surface area contributed by atoms with E-state index in [2.05, 4.69) is 14.9 Å². The van der Waals surface area contributed by atoms with E-state index in [9.17, 15) is 5.11 Å². The lowest BCUT2D eigenvalue weighted by molar-refractivity contribution is 0.340. The van der Waals surface area contributed by atoms with Crippen molar-refractivity contribution in [1.29, 1.82) is 0 Å². The second kappa shape index (κ2) is 4.37. The maximum absolute atomic E-state index is 9.70. The van der Waals surface area contributed by atoms with Crippen LogP contribution in [0.3, 0.4) is 0 Å². The van der Waals surface area contributed by atoms with Gasteiger partial charge in [0.25, 0.3) is 0 Å². The zero-order chi connectivity index (χ0) is 11.7. The summed E-state index contributed by atoms with van der Waals surface area (Å²) >= 11 is 0. The molecule has 1 aliphatic rings. The number of benzene rings is 1. The fraction of sp³-hybridized carbons (Fsp3) is 0.462. The van der Waals surface area contributed by atoms with Gasteiger partial charge in [-0.1, -0.05) is 6.07 Å². The van der Waals surface area contributed by atoms with E-state index in [0.717, 1.165) is 25.2 Å². The van der Waals surface area contributed by atoms with Crippen LogP contribution >= 0.6 is 0 Å². The minimum Gasteiger partial charge on any atom is -0.506 e. The maximum Gasteiger partial charge on any atom is 0.143 e. The van der Waals surface area contributed by atoms with Gasteiger partial charge < -0.3 is 15.0 Å². The van der Waals surface area contributed by atoms with Crippen molar-refractivity contribution in [3.8, 4) is 5.75 Å². The predicted octanol–water partition coefficient (Wildman–Crippen LogP) is 1.74. The molecular formula is C13H17N3O. The summed E-state index contributed by atoms with van der Waals surface area (Å²) in [6.45, 7) is 3.20. The molecule has 1 saturated heterocycles. The Morgan fingerprint density at radius 3 is 3.24 bits per heavy atom. The van der Waals surface area contributed by atoms with E-state index in [0.29, 0.717) is 11.4 Å². The van der Waals surface area contributed by atoms with E-state index in [4.69, 9.17) is 0 Å². The van der Waals surface area contributed by atoms with Gasteiger partial charge >= 0.3 is 0 Å². The second-order valence-electron chi connectivity index (χ2n) is 4.75. The fourth-order valence-electron chi connectivity index (χ4n) is 2.58. The summed E-state index contributed by atoms with van der Waals surface area (Å²) in [6, 6.07) is 5.56. The summed E-state index contributed by atoms with van der Waals surface area (Å²) in [4.78, 5) is 4.28. The molecule has 0 amide bonds. The molecule has 1 fully saturated rings. The molecule has 2 heterocycles. The Morgan fingerprint density at radius 2 is 2.41 bits per heavy atom. The number of fused-ring (bicyclic) bond motifs is 1. The highest BCUT2D eigenvalue weighted by atomic mass is 16.3. The smallest absolute Gasteiger partial charge is 0.143 e. The van der Waals surface area contributed by atoms with Crippen molar-refractivity contribution in [1.82, 2.24) is 14.9 Å². The average molecular weight is 231 g/mol. The minimum atomic E-state index is 0.267. The minimum absolute atomic E-state index is 0.267. The van der Waals surface area contributed by atoms with E-state index < -0.39 is 0 Å². The maximum atomic E-state index is 9.70. The van der Waals surface area contributed by atoms with Crippen LogP contribution in [-0.2, 0) is 6.54 Å². The lowest BCUT2D eigenvalue weighted by Crippen LogP contribution is -2.32. The number of imidazole rings is 1. The Bertz CT molecular complexity index is 514. The third kappa shape index (κ3) is 2.00. The second-order valence-corrected chi connectivity index (χ2v) is 4.75. The molecule has 2 aromatic rings. The van der Waals surface area contributed by atoms with Crippen molar-refractivity contribution in [3.05, 3.63) is 24.5 Å². The Hall–Kier alpha value is -1.55. The van der Waals surface area contributed by atoms with Crippen LogP contribution in [0.1, 0.15) is 12.8 Å². The Morgan fingerprint density at radius 1 is 1.47 bits per heavy atom. The van der Waals surface area contributed by atoms with Crippen LogP contribution < -0.4 is 5.32 Å². The number of aromatic hydroxyl groups is 1. The molecule has 0 spiro atoms. The summed E-state index contributed by atoms with van der Waals surface area (Å²) in [6.07, 6.45) is 4.35. The van der Waals surface area contributed by atoms with Gasteiger partial charge in [-0.2, -0.15) is 0 Å². The molecule has 1 atom stereocenters. The number of hydrogen-bond donors (Lipinski definition) is 2. The van der Waals surface area contributed by atoms with Crippen molar-refractivity contribution in [2.24, 2.45) is 5.92 Å². The summed E-state index contributed by atoms with van der Waals surface area (Å²) < 4.78 is 2.15. The molecule has 1 aromatic heterocycles. The molecule has 3 rings (SSSR count). The van der Waals surface area contributed by atoms with E-state index in [1.165, 1.54) is 12.8 Å². The van der Waals surface area contributed by atoms with Gasteiger partial charge in [0.15, 0.2) is 0 Å². The van der Waals surface area contributed by atoms with E-state index in [1.54, 1.807) is 6.07 Å². The van der Waals surface area contributed by atoms with Gasteiger partial charge in [0.1, 0.15) is 11.3 Å². The standard InChI is InChI=1S/C13H17N3O/c17-12-5-1-4-11-13(12)15-9-16(11)8-10-3-2-6-14-7-10/h1,4-5,9-10,14,17H,2-3,6-8H2. The molecule has 4 nitrogen and oxygen atoms in total. The van der Waals surface area contributed by atoms with Crippen molar-refractivity contribution in [2.45, 2.75) is 19.4 Å². The van der Waals surface area contributed by atoms with E-state index >= 15 is 0 Å². The normalized spacial score (nSPS) is 20.8. The van der Waals surface area contributed by atoms with Crippen LogP contribution in [-0.4, -0.2) is 27.7 Å². The first-order valence-corrected chi connectivity index (χ1v) is 6.18. The summed E-state index contributed by atoms with van der Waals surface area (Å²) in [5.74, 6) is 0.937. The van der Waals surface area contributed by atoms with Crippen LogP contribution in [0.5, 0.6) is 5.75 Å². The molecule has 1 aliphatic heterocycles. The highest BCUT2D eigenvalue weighted by Crippen LogP contribution is 2.24. The number of piperidine rings is 1. The van der Waals surface area contributed by atoms with Crippen LogP contribution in [0, 0.1) is 5.92 Å². The summed E-state index contributed by atoms with van der Waals surface area (Å²) in [7, 11) is 0. The zero-order valence-electron chi connectivity index (χ0n) is 9.76. The van der Waals surface area contributed by atoms with Gasteiger partial charge in [0.05, 0.1) is 11.8 Å². The predicted molar refractivity (Wildman–Crippen MR) is 67.0 cm³/mol. The van der Waals surface area contributed by atoms with Gasteiger partial charge in [-0.05, 0) is 44.0 Å². The molecule has 0 saturated carbocycles. The Kier molecular flexibility index (Phi) is 2.73. The third-order valence-corrected chi connectivity index (χ3v) is 3.48. The topological polar surface area (TPSA) is 50.1 Å². The lowest BCUT2D eigenvalue weighted by atomic mass is 10.00. The number of nitrogens with zero attached hydrogens (tertiary/aromatic N) is 2. The SMILES string of the molecule is Oc1cccc2c1ncn2CC1CCCNC1. The molecule has 0 bridgehead atoms. The number of nitrogens with one attached hydrogen (secondary N) is 1. The lowest BCUT2D eigenvalue weighted by Gasteiger charge is -2.23. The van der Waals surface area contributed by atoms with Crippen molar-refractivity contribution in [2.75, 3.05) is 13.1 Å². The molecule has 1 unspecified atom stereocenters. The van der Waals surface area contributed by atoms with Crippen molar-refractivity contribution < 1.29 is 5.11 Å². The number of phenols is 1. The number of aromatic nitrogens is 2. The van der Waals surface area contributed by atoms with Crippen molar-refractivity contribution in [3.63, 3.8) is 0 Å². The number of rotatable bonds is 2. The first-order chi connectivity index (χ1) is 8.34. The van der Waals surface area contributed by atoms with Gasteiger partial charge in [-0.25, -0.2) is 4.98 Å². The quantitative estimate of drug-likeness (QED) is 0.827. The van der Waals surface area contributed by atoms with Crippen molar-refractivity contribution >= 4 is 11.0 Å². The highest BCUT2D eigenvalue weighted by molar-refractivity contribution is 5.81. The van der Waals surface area contributed by atoms with Gasteiger partial charge in [0.2, 0.25) is 0 Å². The first-order valence-electron chi connectivity index (χ1n) is 6.18. The fourth-order valence-corrected chi connectivity index (χ4v) is 2.58.